The van der Waals surface area contributed by atoms with Crippen molar-refractivity contribution < 1.29 is 14.0 Å². The standard InChI is InChI=1S/C18H30O2/c1-2-3-4-5-6-7-8-9-10-11-12-13-14-15-16-17-18(19)20/h3-4,6-7,9-10H,2,5,8,11-17H2,1H3,(H,19,20)/b4-3-,7-6-,10-9-/i5D2,8D. The van der Waals surface area contributed by atoms with Crippen LogP contribution in [0.2, 0.25) is 0 Å². The second-order valence-electron chi connectivity index (χ2n) is 4.66. The smallest absolute Gasteiger partial charge is 0.303 e. The third kappa shape index (κ3) is 16.7. The van der Waals surface area contributed by atoms with Crippen molar-refractivity contribution in [2.24, 2.45) is 0 Å². The Kier molecular flexibility index (Phi) is 10.8. The molecule has 2 nitrogen and oxygen atoms in total. The Labute approximate surface area is 128 Å². The number of hydrogen-bond acceptors (Lipinski definition) is 1. The summed E-state index contributed by atoms with van der Waals surface area (Å²) >= 11 is 0. The molecule has 0 saturated heterocycles. The predicted octanol–water partition coefficient (Wildman–Crippen LogP) is 5.66. The van der Waals surface area contributed by atoms with E-state index < -0.39 is 18.7 Å². The summed E-state index contributed by atoms with van der Waals surface area (Å²) in [6.07, 6.45) is 14.9. The molecule has 20 heavy (non-hydrogen) atoms. The number of carboxylic acid groups (broad SMARTS) is 1. The molecule has 0 fully saturated rings. The highest BCUT2D eigenvalue weighted by Crippen LogP contribution is 2.07. The molecule has 1 atom stereocenters. The molecule has 0 bridgehead atoms. The highest BCUT2D eigenvalue weighted by molar-refractivity contribution is 5.66. The molecule has 0 aromatic heterocycles. The maximum Gasteiger partial charge on any atom is 0.303 e. The predicted molar refractivity (Wildman–Crippen MR) is 86.9 cm³/mol. The molecule has 1 N–H and O–H groups in total. The zero-order valence-corrected chi connectivity index (χ0v) is 12.6. The van der Waals surface area contributed by atoms with Crippen molar-refractivity contribution in [3.05, 3.63) is 36.5 Å². The Morgan fingerprint density at radius 3 is 2.35 bits per heavy atom. The SMILES string of the molecule is [2H]C(/C=C\CCCCCCCC(=O)O)/C=C\C([2H])([2H])/C=C\CC. The van der Waals surface area contributed by atoms with E-state index in [9.17, 15) is 4.79 Å². The average Bonchev–Trinajstić information content (AvgIpc) is 2.49. The fraction of sp³-hybridized carbons (Fsp3) is 0.611. The summed E-state index contributed by atoms with van der Waals surface area (Å²) in [5.41, 5.74) is 0. The number of carboxylic acids is 1. The van der Waals surface area contributed by atoms with Crippen LogP contribution in [-0.2, 0) is 4.79 Å². The Balaban J connectivity index is 3.78. The Hall–Kier alpha value is -1.31. The first-order valence-electron chi connectivity index (χ1n) is 9.13. The van der Waals surface area contributed by atoms with Gasteiger partial charge in [0, 0.05) is 10.5 Å². The maximum atomic E-state index is 10.3. The van der Waals surface area contributed by atoms with Crippen molar-refractivity contribution >= 4 is 5.97 Å². The molecule has 0 aliphatic heterocycles. The Morgan fingerprint density at radius 1 is 0.950 bits per heavy atom. The van der Waals surface area contributed by atoms with Crippen LogP contribution in [-0.4, -0.2) is 11.1 Å². The zero-order chi connectivity index (χ0) is 17.6. The minimum atomic E-state index is -1.49. The molecule has 0 spiro atoms. The van der Waals surface area contributed by atoms with Crippen molar-refractivity contribution in [3.63, 3.8) is 0 Å². The summed E-state index contributed by atoms with van der Waals surface area (Å²) in [6.45, 7) is 1.96. The molecule has 0 aromatic carbocycles. The van der Waals surface area contributed by atoms with Gasteiger partial charge < -0.3 is 5.11 Å². The molecule has 0 heterocycles. The van der Waals surface area contributed by atoms with Crippen LogP contribution < -0.4 is 0 Å². The van der Waals surface area contributed by atoms with E-state index in [2.05, 4.69) is 0 Å². The van der Waals surface area contributed by atoms with Crippen LogP contribution in [0.5, 0.6) is 0 Å². The monoisotopic (exact) mass is 281 g/mol. The van der Waals surface area contributed by atoms with Gasteiger partial charge in [-0.2, -0.15) is 0 Å². The highest BCUT2D eigenvalue weighted by atomic mass is 16.4. The van der Waals surface area contributed by atoms with Crippen molar-refractivity contribution in [2.45, 2.75) is 71.1 Å². The molecule has 1 unspecified atom stereocenters. The summed E-state index contributed by atoms with van der Waals surface area (Å²) in [5, 5.41) is 8.51. The molecule has 2 heteroatoms. The first-order valence-corrected chi connectivity index (χ1v) is 7.55. The molecule has 0 saturated carbocycles. The lowest BCUT2D eigenvalue weighted by Gasteiger charge is -1.98. The van der Waals surface area contributed by atoms with E-state index in [1.54, 1.807) is 18.2 Å². The molecule has 0 aliphatic rings. The van der Waals surface area contributed by atoms with Gasteiger partial charge in [-0.3, -0.25) is 4.79 Å². The van der Waals surface area contributed by atoms with Gasteiger partial charge in [0.05, 0.1) is 0 Å². The molecular formula is C18H30O2. The van der Waals surface area contributed by atoms with E-state index in [1.807, 2.05) is 13.0 Å². The van der Waals surface area contributed by atoms with Crippen LogP contribution in [0.15, 0.2) is 36.5 Å². The van der Waals surface area contributed by atoms with Crippen LogP contribution in [0.25, 0.3) is 0 Å². The molecule has 0 amide bonds. The van der Waals surface area contributed by atoms with Gasteiger partial charge in [0.25, 0.3) is 0 Å². The Morgan fingerprint density at radius 2 is 1.60 bits per heavy atom. The van der Waals surface area contributed by atoms with Crippen molar-refractivity contribution in [2.75, 3.05) is 0 Å². The number of hydrogen-bond donors (Lipinski definition) is 1. The summed E-state index contributed by atoms with van der Waals surface area (Å²) in [5.74, 6) is -0.725. The lowest BCUT2D eigenvalue weighted by molar-refractivity contribution is -0.137. The van der Waals surface area contributed by atoms with Crippen LogP contribution >= 0.6 is 0 Å². The fourth-order valence-electron chi connectivity index (χ4n) is 1.66. The van der Waals surface area contributed by atoms with E-state index in [1.165, 1.54) is 12.2 Å². The van der Waals surface area contributed by atoms with E-state index >= 15 is 0 Å². The lowest BCUT2D eigenvalue weighted by Crippen LogP contribution is -1.93. The van der Waals surface area contributed by atoms with Gasteiger partial charge in [-0.1, -0.05) is 62.6 Å². The van der Waals surface area contributed by atoms with Gasteiger partial charge in [0.2, 0.25) is 0 Å². The van der Waals surface area contributed by atoms with Crippen LogP contribution in [0, 0.1) is 0 Å². The quantitative estimate of drug-likeness (QED) is 0.349. The maximum absolute atomic E-state index is 10.3. The Bertz CT molecular complexity index is 401. The summed E-state index contributed by atoms with van der Waals surface area (Å²) in [6, 6.07) is 0. The molecule has 0 radical (unpaired) electrons. The summed E-state index contributed by atoms with van der Waals surface area (Å²) in [4.78, 5) is 10.3. The van der Waals surface area contributed by atoms with Gasteiger partial charge in [0.1, 0.15) is 0 Å². The van der Waals surface area contributed by atoms with Gasteiger partial charge in [-0.15, -0.1) is 0 Å². The normalized spacial score (nSPS) is 16.6. The second-order valence-corrected chi connectivity index (χ2v) is 4.66. The van der Waals surface area contributed by atoms with E-state index in [4.69, 9.17) is 9.22 Å². The van der Waals surface area contributed by atoms with E-state index in [-0.39, 0.29) is 6.42 Å². The molecular weight excluding hydrogens is 248 g/mol. The minimum absolute atomic E-state index is 0.258. The summed E-state index contributed by atoms with van der Waals surface area (Å²) in [7, 11) is 0. The minimum Gasteiger partial charge on any atom is -0.481 e. The summed E-state index contributed by atoms with van der Waals surface area (Å²) < 4.78 is 23.3. The fourth-order valence-corrected chi connectivity index (χ4v) is 1.66. The van der Waals surface area contributed by atoms with Crippen LogP contribution in [0.1, 0.15) is 75.2 Å². The van der Waals surface area contributed by atoms with Gasteiger partial charge in [-0.25, -0.2) is 0 Å². The largest absolute Gasteiger partial charge is 0.481 e. The van der Waals surface area contributed by atoms with Crippen LogP contribution in [0.4, 0.5) is 0 Å². The van der Waals surface area contributed by atoms with E-state index in [0.29, 0.717) is 0 Å². The first-order chi connectivity index (χ1) is 10.9. The molecule has 0 aliphatic carbocycles. The number of aliphatic carboxylic acids is 1. The van der Waals surface area contributed by atoms with Crippen molar-refractivity contribution in [1.29, 1.82) is 0 Å². The van der Waals surface area contributed by atoms with Gasteiger partial charge >= 0.3 is 5.97 Å². The number of carbonyl (C=O) groups is 1. The zero-order valence-electron chi connectivity index (χ0n) is 15.6. The first kappa shape index (κ1) is 13.7. The number of rotatable bonds is 13. The molecule has 0 rings (SSSR count). The van der Waals surface area contributed by atoms with E-state index in [0.717, 1.165) is 44.9 Å². The van der Waals surface area contributed by atoms with Gasteiger partial charge in [-0.05, 0) is 38.5 Å². The van der Waals surface area contributed by atoms with Crippen molar-refractivity contribution in [3.8, 4) is 0 Å². The highest BCUT2D eigenvalue weighted by Gasteiger charge is 1.95. The average molecular weight is 281 g/mol. The number of allylic oxidation sites excluding steroid dienone is 6. The molecule has 114 valence electrons. The van der Waals surface area contributed by atoms with Crippen LogP contribution in [0.3, 0.4) is 0 Å². The second kappa shape index (κ2) is 15.7. The third-order valence-corrected chi connectivity index (χ3v) is 2.76. The third-order valence-electron chi connectivity index (χ3n) is 2.76. The lowest BCUT2D eigenvalue weighted by atomic mass is 10.1. The van der Waals surface area contributed by atoms with Gasteiger partial charge in [0.15, 0.2) is 0 Å². The van der Waals surface area contributed by atoms with Crippen molar-refractivity contribution in [1.82, 2.24) is 0 Å². The molecule has 0 aromatic rings. The topological polar surface area (TPSA) is 37.3 Å². The number of unbranched alkanes of at least 4 members (excludes halogenated alkanes) is 5.